The van der Waals surface area contributed by atoms with E-state index in [4.69, 9.17) is 0 Å². The van der Waals surface area contributed by atoms with E-state index >= 15 is 0 Å². The highest BCUT2D eigenvalue weighted by Crippen LogP contribution is 2.25. The number of fused-ring (bicyclic) bond motifs is 1. The van der Waals surface area contributed by atoms with Crippen LogP contribution >= 0.6 is 0 Å². The van der Waals surface area contributed by atoms with Crippen LogP contribution < -0.4 is 0 Å². The third kappa shape index (κ3) is 1.95. The maximum atomic E-state index is 11.7. The first-order valence-electron chi connectivity index (χ1n) is 4.75. The first kappa shape index (κ1) is 11.4. The summed E-state index contributed by atoms with van der Waals surface area (Å²) in [7, 11) is -3.99. The number of isocyanates is 1. The Labute approximate surface area is 97.9 Å². The smallest absolute Gasteiger partial charge is 0.256 e. The van der Waals surface area contributed by atoms with Crippen molar-refractivity contribution in [1.82, 2.24) is 4.98 Å². The fraction of sp³-hybridized carbons (Fsp3) is 0.0909. The van der Waals surface area contributed by atoms with Crippen LogP contribution in [0.25, 0.3) is 10.9 Å². The van der Waals surface area contributed by atoms with Gasteiger partial charge in [0, 0.05) is 11.6 Å². The summed E-state index contributed by atoms with van der Waals surface area (Å²) in [6.45, 7) is 1.83. The quantitative estimate of drug-likeness (QED) is 0.597. The maximum Gasteiger partial charge on any atom is 0.293 e. The lowest BCUT2D eigenvalue weighted by molar-refractivity contribution is 0.563. The third-order valence-electron chi connectivity index (χ3n) is 2.37. The molecule has 6 heteroatoms. The minimum absolute atomic E-state index is 0.0328. The fourth-order valence-corrected chi connectivity index (χ4v) is 2.49. The van der Waals surface area contributed by atoms with E-state index in [0.29, 0.717) is 10.9 Å². The molecule has 0 aliphatic heterocycles. The van der Waals surface area contributed by atoms with Crippen LogP contribution in [0.4, 0.5) is 0 Å². The number of carbonyl (C=O) groups excluding carboxylic acids is 1. The second-order valence-corrected chi connectivity index (χ2v) is 5.01. The summed E-state index contributed by atoms with van der Waals surface area (Å²) in [6, 6.07) is 6.30. The zero-order valence-corrected chi connectivity index (χ0v) is 9.73. The van der Waals surface area contributed by atoms with Gasteiger partial charge in [-0.2, -0.15) is 8.42 Å². The molecular formula is C11H8N2O3S. The van der Waals surface area contributed by atoms with Crippen LogP contribution in [0.5, 0.6) is 0 Å². The predicted octanol–water partition coefficient (Wildman–Crippen LogP) is 1.57. The van der Waals surface area contributed by atoms with Crippen LogP contribution in [0, 0.1) is 6.92 Å². The van der Waals surface area contributed by atoms with Gasteiger partial charge in [-0.25, -0.2) is 4.79 Å². The molecule has 0 N–H and O–H groups in total. The molecule has 0 fully saturated rings. The van der Waals surface area contributed by atoms with Crippen LogP contribution in [0.3, 0.4) is 0 Å². The van der Waals surface area contributed by atoms with Crippen LogP contribution in [0.2, 0.25) is 0 Å². The van der Waals surface area contributed by atoms with E-state index in [-0.39, 0.29) is 4.90 Å². The summed E-state index contributed by atoms with van der Waals surface area (Å²) in [5.74, 6) is 0. The Hall–Kier alpha value is -2.04. The lowest BCUT2D eigenvalue weighted by Crippen LogP contribution is -1.98. The fourth-order valence-electron chi connectivity index (χ4n) is 1.61. The number of sulfonamides is 1. The van der Waals surface area contributed by atoms with E-state index in [1.54, 1.807) is 24.4 Å². The second kappa shape index (κ2) is 4.08. The summed E-state index contributed by atoms with van der Waals surface area (Å²) in [6.07, 6.45) is 2.63. The molecular weight excluding hydrogens is 240 g/mol. The Morgan fingerprint density at radius 3 is 2.76 bits per heavy atom. The monoisotopic (exact) mass is 248 g/mol. The molecule has 1 heterocycles. The van der Waals surface area contributed by atoms with Crippen LogP contribution in [0.1, 0.15) is 5.56 Å². The number of benzene rings is 1. The summed E-state index contributed by atoms with van der Waals surface area (Å²) < 4.78 is 26.2. The predicted molar refractivity (Wildman–Crippen MR) is 61.8 cm³/mol. The minimum atomic E-state index is -3.99. The van der Waals surface area contributed by atoms with Crippen molar-refractivity contribution in [2.45, 2.75) is 11.8 Å². The summed E-state index contributed by atoms with van der Waals surface area (Å²) >= 11 is 0. The lowest BCUT2D eigenvalue weighted by atomic mass is 10.1. The SMILES string of the molecule is Cc1ccc(S(=O)(=O)N=C=O)c2cccnc12. The summed E-state index contributed by atoms with van der Waals surface area (Å²) in [5, 5.41) is 0.450. The molecule has 0 bridgehead atoms. The molecule has 0 amide bonds. The van der Waals surface area contributed by atoms with Gasteiger partial charge in [0.05, 0.1) is 10.4 Å². The normalized spacial score (nSPS) is 11.1. The van der Waals surface area contributed by atoms with E-state index < -0.39 is 10.0 Å². The van der Waals surface area contributed by atoms with Crippen LogP contribution in [-0.2, 0) is 14.8 Å². The Balaban J connectivity index is 2.90. The number of rotatable bonds is 2. The Morgan fingerprint density at radius 2 is 2.06 bits per heavy atom. The number of hydrogen-bond acceptors (Lipinski definition) is 4. The van der Waals surface area contributed by atoms with Gasteiger partial charge >= 0.3 is 0 Å². The van der Waals surface area contributed by atoms with E-state index in [2.05, 4.69) is 9.38 Å². The van der Waals surface area contributed by atoms with Crippen LogP contribution in [0.15, 0.2) is 39.8 Å². The van der Waals surface area contributed by atoms with Crippen molar-refractivity contribution in [3.05, 3.63) is 36.0 Å². The third-order valence-corrected chi connectivity index (χ3v) is 3.59. The Bertz CT molecular complexity index is 731. The Morgan fingerprint density at radius 1 is 1.29 bits per heavy atom. The van der Waals surface area contributed by atoms with Gasteiger partial charge < -0.3 is 0 Å². The lowest BCUT2D eigenvalue weighted by Gasteiger charge is -2.05. The molecule has 2 aromatic rings. The van der Waals surface area contributed by atoms with E-state index in [1.165, 1.54) is 6.07 Å². The molecule has 0 atom stereocenters. The standard InChI is InChI=1S/C11H8N2O3S/c1-8-4-5-10(17(15,16)13-7-14)9-3-2-6-12-11(8)9/h2-6H,1H3. The zero-order chi connectivity index (χ0) is 12.5. The average molecular weight is 248 g/mol. The largest absolute Gasteiger partial charge is 0.293 e. The molecule has 17 heavy (non-hydrogen) atoms. The van der Waals surface area contributed by atoms with Crippen molar-refractivity contribution in [3.63, 3.8) is 0 Å². The van der Waals surface area contributed by atoms with Gasteiger partial charge in [0.25, 0.3) is 16.1 Å². The number of hydrogen-bond donors (Lipinski definition) is 0. The molecule has 1 aromatic carbocycles. The van der Waals surface area contributed by atoms with E-state index in [1.807, 2.05) is 6.92 Å². The Kier molecular flexibility index (Phi) is 2.75. The van der Waals surface area contributed by atoms with E-state index in [9.17, 15) is 13.2 Å². The number of pyridine rings is 1. The van der Waals surface area contributed by atoms with Gasteiger partial charge in [-0.15, -0.1) is 0 Å². The van der Waals surface area contributed by atoms with E-state index in [0.717, 1.165) is 11.6 Å². The summed E-state index contributed by atoms with van der Waals surface area (Å²) in [5.41, 5.74) is 1.43. The van der Waals surface area contributed by atoms with Crippen molar-refractivity contribution in [1.29, 1.82) is 0 Å². The summed E-state index contributed by atoms with van der Waals surface area (Å²) in [4.78, 5) is 14.2. The van der Waals surface area contributed by atoms with Crippen molar-refractivity contribution in [3.8, 4) is 0 Å². The maximum absolute atomic E-state index is 11.7. The van der Waals surface area contributed by atoms with Gasteiger partial charge in [-0.3, -0.25) is 4.98 Å². The average Bonchev–Trinajstić information content (AvgIpc) is 2.29. The number of nitrogens with zero attached hydrogens (tertiary/aromatic N) is 2. The van der Waals surface area contributed by atoms with Crippen molar-refractivity contribution >= 4 is 27.0 Å². The van der Waals surface area contributed by atoms with Crippen LogP contribution in [-0.4, -0.2) is 19.5 Å². The number of aromatic nitrogens is 1. The second-order valence-electron chi connectivity index (χ2n) is 3.44. The highest BCUT2D eigenvalue weighted by molar-refractivity contribution is 7.90. The molecule has 86 valence electrons. The number of aryl methyl sites for hydroxylation is 1. The topological polar surface area (TPSA) is 76.5 Å². The molecule has 0 aliphatic rings. The van der Waals surface area contributed by atoms with Crippen molar-refractivity contribution in [2.24, 2.45) is 4.40 Å². The molecule has 0 radical (unpaired) electrons. The van der Waals surface area contributed by atoms with Gasteiger partial charge in [-0.05, 0) is 30.7 Å². The van der Waals surface area contributed by atoms with Gasteiger partial charge in [0.1, 0.15) is 0 Å². The highest BCUT2D eigenvalue weighted by Gasteiger charge is 2.17. The van der Waals surface area contributed by atoms with Gasteiger partial charge in [-0.1, -0.05) is 10.5 Å². The first-order chi connectivity index (χ1) is 8.06. The zero-order valence-electron chi connectivity index (χ0n) is 8.91. The molecule has 0 saturated carbocycles. The highest BCUT2D eigenvalue weighted by atomic mass is 32.2. The molecule has 5 nitrogen and oxygen atoms in total. The molecule has 2 rings (SSSR count). The van der Waals surface area contributed by atoms with Gasteiger partial charge in [0.15, 0.2) is 0 Å². The molecule has 0 spiro atoms. The molecule has 1 aromatic heterocycles. The van der Waals surface area contributed by atoms with Gasteiger partial charge in [0.2, 0.25) is 0 Å². The first-order valence-corrected chi connectivity index (χ1v) is 6.19. The molecule has 0 saturated heterocycles. The molecule has 0 aliphatic carbocycles. The molecule has 0 unspecified atom stereocenters. The minimum Gasteiger partial charge on any atom is -0.256 e. The van der Waals surface area contributed by atoms with Crippen molar-refractivity contribution < 1.29 is 13.2 Å². The van der Waals surface area contributed by atoms with Crippen molar-refractivity contribution in [2.75, 3.05) is 0 Å².